The van der Waals surface area contributed by atoms with Gasteiger partial charge in [-0.2, -0.15) is 17.5 Å². The maximum absolute atomic E-state index is 13.3. The first-order chi connectivity index (χ1) is 15.5. The Labute approximate surface area is 191 Å². The number of sulfonamides is 1. The van der Waals surface area contributed by atoms with Gasteiger partial charge in [0.25, 0.3) is 5.91 Å². The summed E-state index contributed by atoms with van der Waals surface area (Å²) in [7, 11) is -2.48. The Morgan fingerprint density at radius 1 is 1.15 bits per heavy atom. The molecule has 33 heavy (non-hydrogen) atoms. The molecule has 0 aromatic heterocycles. The van der Waals surface area contributed by atoms with E-state index in [2.05, 4.69) is 5.32 Å². The second-order valence-corrected chi connectivity index (χ2v) is 9.89. The van der Waals surface area contributed by atoms with Crippen molar-refractivity contribution in [1.82, 2.24) is 9.62 Å². The van der Waals surface area contributed by atoms with Crippen LogP contribution in [0.15, 0.2) is 47.4 Å². The molecule has 0 saturated carbocycles. The van der Waals surface area contributed by atoms with Crippen molar-refractivity contribution in [1.29, 1.82) is 0 Å². The van der Waals surface area contributed by atoms with Gasteiger partial charge < -0.3 is 10.1 Å². The number of nitrogens with one attached hydrogen (secondary N) is 1. The van der Waals surface area contributed by atoms with E-state index in [9.17, 15) is 26.4 Å². The first-order valence-electron chi connectivity index (χ1n) is 10.7. The predicted molar refractivity (Wildman–Crippen MR) is 118 cm³/mol. The number of ether oxygens (including phenoxy) is 1. The zero-order valence-corrected chi connectivity index (χ0v) is 19.3. The molecule has 0 bridgehead atoms. The largest absolute Gasteiger partial charge is 0.495 e. The normalized spacial score (nSPS) is 17.5. The third-order valence-corrected chi connectivity index (χ3v) is 7.77. The summed E-state index contributed by atoms with van der Waals surface area (Å²) in [4.78, 5) is 12.6. The van der Waals surface area contributed by atoms with Gasteiger partial charge in [-0.25, -0.2) is 8.42 Å². The number of carbonyl (C=O) groups is 1. The van der Waals surface area contributed by atoms with Gasteiger partial charge in [0.05, 0.1) is 12.7 Å². The molecule has 1 amide bonds. The smallest absolute Gasteiger partial charge is 0.416 e. The molecule has 3 rings (SSSR count). The number of methoxy groups -OCH3 is 1. The van der Waals surface area contributed by atoms with E-state index in [1.807, 2.05) is 6.92 Å². The van der Waals surface area contributed by atoms with E-state index in [0.717, 1.165) is 31.4 Å². The third kappa shape index (κ3) is 5.86. The molecule has 1 N–H and O–H groups in total. The lowest BCUT2D eigenvalue weighted by atomic mass is 10.1. The van der Waals surface area contributed by atoms with E-state index in [1.165, 1.54) is 41.7 Å². The van der Waals surface area contributed by atoms with Gasteiger partial charge >= 0.3 is 6.18 Å². The molecule has 1 aliphatic heterocycles. The Hall–Kier alpha value is -2.59. The minimum Gasteiger partial charge on any atom is -0.495 e. The fourth-order valence-electron chi connectivity index (χ4n) is 3.86. The fourth-order valence-corrected chi connectivity index (χ4v) is 5.74. The summed E-state index contributed by atoms with van der Waals surface area (Å²) >= 11 is 0. The van der Waals surface area contributed by atoms with Gasteiger partial charge in [0.15, 0.2) is 0 Å². The van der Waals surface area contributed by atoms with Crippen LogP contribution in [0, 0.1) is 0 Å². The maximum Gasteiger partial charge on any atom is 0.416 e. The molecule has 1 saturated heterocycles. The van der Waals surface area contributed by atoms with Crippen molar-refractivity contribution < 1.29 is 31.1 Å². The molecule has 1 fully saturated rings. The van der Waals surface area contributed by atoms with E-state index < -0.39 is 27.7 Å². The number of nitrogens with zero attached hydrogens (tertiary/aromatic N) is 1. The second-order valence-electron chi connectivity index (χ2n) is 8.03. The quantitative estimate of drug-likeness (QED) is 0.638. The van der Waals surface area contributed by atoms with Crippen LogP contribution in [0.5, 0.6) is 5.75 Å². The van der Waals surface area contributed by atoms with Gasteiger partial charge in [-0.15, -0.1) is 0 Å². The number of rotatable bonds is 7. The zero-order chi connectivity index (χ0) is 24.2. The van der Waals surface area contributed by atoms with Crippen LogP contribution in [0.3, 0.4) is 0 Å². The van der Waals surface area contributed by atoms with Crippen LogP contribution in [0.4, 0.5) is 13.2 Å². The number of benzene rings is 2. The van der Waals surface area contributed by atoms with E-state index >= 15 is 0 Å². The van der Waals surface area contributed by atoms with Crippen molar-refractivity contribution in [2.45, 2.75) is 49.7 Å². The van der Waals surface area contributed by atoms with Gasteiger partial charge in [-0.05, 0) is 62.1 Å². The molecule has 2 aromatic carbocycles. The number of hydrogen-bond donors (Lipinski definition) is 1. The number of carbonyl (C=O) groups excluding carboxylic acids is 1. The molecule has 1 aliphatic rings. The molecule has 2 aromatic rings. The van der Waals surface area contributed by atoms with Crippen molar-refractivity contribution in [3.8, 4) is 5.75 Å². The summed E-state index contributed by atoms with van der Waals surface area (Å²) in [5, 5.41) is 2.69. The van der Waals surface area contributed by atoms with Gasteiger partial charge in [0.1, 0.15) is 10.6 Å². The molecule has 1 atom stereocenters. The second kappa shape index (κ2) is 10.1. The topological polar surface area (TPSA) is 75.7 Å². The monoisotopic (exact) mass is 484 g/mol. The minimum atomic E-state index is -4.40. The SMILES string of the molecule is COc1ccc(C(=O)NCCc2ccc(C(F)(F)F)cc2)cc1S(=O)(=O)N1CCCCC1C. The highest BCUT2D eigenvalue weighted by Gasteiger charge is 2.33. The number of amides is 1. The highest BCUT2D eigenvalue weighted by Crippen LogP contribution is 2.32. The Balaban J connectivity index is 1.71. The molecule has 1 unspecified atom stereocenters. The van der Waals surface area contributed by atoms with E-state index in [0.29, 0.717) is 18.5 Å². The van der Waals surface area contributed by atoms with Crippen LogP contribution in [0.2, 0.25) is 0 Å². The van der Waals surface area contributed by atoms with Crippen LogP contribution >= 0.6 is 0 Å². The Bertz CT molecular complexity index is 1090. The van der Waals surface area contributed by atoms with Crippen LogP contribution in [-0.4, -0.2) is 44.9 Å². The lowest BCUT2D eigenvalue weighted by Gasteiger charge is -2.32. The molecule has 0 radical (unpaired) electrons. The van der Waals surface area contributed by atoms with E-state index in [1.54, 1.807) is 0 Å². The number of hydrogen-bond acceptors (Lipinski definition) is 4. The minimum absolute atomic E-state index is 0.0610. The Kier molecular flexibility index (Phi) is 7.69. The van der Waals surface area contributed by atoms with E-state index in [4.69, 9.17) is 4.74 Å². The Morgan fingerprint density at radius 2 is 1.85 bits per heavy atom. The maximum atomic E-state index is 13.3. The number of piperidine rings is 1. The van der Waals surface area contributed by atoms with Crippen molar-refractivity contribution in [3.63, 3.8) is 0 Å². The first kappa shape index (κ1) is 25.0. The fraction of sp³-hybridized carbons (Fsp3) is 0.435. The molecule has 0 aliphatic carbocycles. The van der Waals surface area contributed by atoms with Crippen molar-refractivity contribution in [3.05, 3.63) is 59.2 Å². The lowest BCUT2D eigenvalue weighted by molar-refractivity contribution is -0.137. The highest BCUT2D eigenvalue weighted by molar-refractivity contribution is 7.89. The zero-order valence-electron chi connectivity index (χ0n) is 18.5. The summed E-state index contributed by atoms with van der Waals surface area (Å²) in [5.41, 5.74) is 0.0668. The van der Waals surface area contributed by atoms with Crippen molar-refractivity contribution in [2.24, 2.45) is 0 Å². The van der Waals surface area contributed by atoms with Crippen LogP contribution in [-0.2, 0) is 22.6 Å². The summed E-state index contributed by atoms with van der Waals surface area (Å²) in [5.74, 6) is -0.318. The summed E-state index contributed by atoms with van der Waals surface area (Å²) in [6.07, 6.45) is -1.56. The van der Waals surface area contributed by atoms with Gasteiger partial charge in [-0.3, -0.25) is 4.79 Å². The van der Waals surface area contributed by atoms with Crippen LogP contribution < -0.4 is 10.1 Å². The standard InChI is InChI=1S/C23H27F3N2O4S/c1-16-5-3-4-14-28(16)33(30,31)21-15-18(8-11-20(21)32-2)22(29)27-13-12-17-6-9-19(10-7-17)23(24,25)26/h6-11,15-16H,3-5,12-14H2,1-2H3,(H,27,29). The van der Waals surface area contributed by atoms with Crippen molar-refractivity contribution in [2.75, 3.05) is 20.2 Å². The van der Waals surface area contributed by atoms with Crippen LogP contribution in [0.1, 0.15) is 47.7 Å². The van der Waals surface area contributed by atoms with Gasteiger partial charge in [0, 0.05) is 24.7 Å². The average molecular weight is 485 g/mol. The molecule has 10 heteroatoms. The number of halogens is 3. The predicted octanol–water partition coefficient (Wildman–Crippen LogP) is 4.25. The number of alkyl halides is 3. The van der Waals surface area contributed by atoms with Crippen molar-refractivity contribution >= 4 is 15.9 Å². The van der Waals surface area contributed by atoms with Gasteiger partial charge in [0.2, 0.25) is 10.0 Å². The van der Waals surface area contributed by atoms with Gasteiger partial charge in [-0.1, -0.05) is 18.6 Å². The highest BCUT2D eigenvalue weighted by atomic mass is 32.2. The molecular weight excluding hydrogens is 457 g/mol. The molecular formula is C23H27F3N2O4S. The molecule has 6 nitrogen and oxygen atoms in total. The first-order valence-corrected chi connectivity index (χ1v) is 12.1. The molecule has 0 spiro atoms. The lowest BCUT2D eigenvalue weighted by Crippen LogP contribution is -2.42. The molecule has 1 heterocycles. The summed E-state index contributed by atoms with van der Waals surface area (Å²) < 4.78 is 71.3. The molecule has 180 valence electrons. The van der Waals surface area contributed by atoms with Crippen LogP contribution in [0.25, 0.3) is 0 Å². The van der Waals surface area contributed by atoms with E-state index in [-0.39, 0.29) is 28.8 Å². The summed E-state index contributed by atoms with van der Waals surface area (Å²) in [6, 6.07) is 8.83. The average Bonchev–Trinajstić information content (AvgIpc) is 2.78. The summed E-state index contributed by atoms with van der Waals surface area (Å²) in [6.45, 7) is 2.46. The third-order valence-electron chi connectivity index (χ3n) is 5.73. The Morgan fingerprint density at radius 3 is 2.45 bits per heavy atom.